The number of hydrogen-bond acceptors (Lipinski definition) is 1. The van der Waals surface area contributed by atoms with Crippen molar-refractivity contribution in [1.29, 1.82) is 0 Å². The van der Waals surface area contributed by atoms with Gasteiger partial charge in [-0.15, -0.1) is 0 Å². The fourth-order valence-electron chi connectivity index (χ4n) is 1.09. The molecule has 0 unspecified atom stereocenters. The summed E-state index contributed by atoms with van der Waals surface area (Å²) in [5.74, 6) is 0.866. The lowest BCUT2D eigenvalue weighted by atomic mass is 10.2. The van der Waals surface area contributed by atoms with Crippen LogP contribution >= 0.6 is 0 Å². The lowest BCUT2D eigenvalue weighted by Crippen LogP contribution is -2.18. The Balaban J connectivity index is 2.51. The predicted octanol–water partition coefficient (Wildman–Crippen LogP) is 0.485. The van der Waals surface area contributed by atoms with Gasteiger partial charge >= 0.3 is 0 Å². The average molecular weight is 113 g/mol. The van der Waals surface area contributed by atoms with Crippen LogP contribution in [-0.2, 0) is 4.79 Å². The monoisotopic (exact) mass is 113 g/mol. The van der Waals surface area contributed by atoms with E-state index in [0.717, 1.165) is 13.0 Å². The predicted molar refractivity (Wildman–Crippen MR) is 31.4 cm³/mol. The number of nitrogens with zero attached hydrogens (tertiary/aromatic N) is 1. The number of likely N-dealkylation sites (tertiary alicyclic amines) is 1. The van der Waals surface area contributed by atoms with Crippen molar-refractivity contribution in [1.82, 2.24) is 4.90 Å². The highest BCUT2D eigenvalue weighted by molar-refractivity contribution is 5.78. The summed E-state index contributed by atoms with van der Waals surface area (Å²) in [6.45, 7) is 3.04. The zero-order valence-corrected chi connectivity index (χ0v) is 5.35. The van der Waals surface area contributed by atoms with E-state index >= 15 is 0 Å². The molecule has 0 aromatic carbocycles. The van der Waals surface area contributed by atoms with Crippen molar-refractivity contribution in [2.24, 2.45) is 5.92 Å². The van der Waals surface area contributed by atoms with E-state index in [2.05, 4.69) is 6.92 Å². The topological polar surface area (TPSA) is 20.3 Å². The number of carbonyl (C=O) groups is 1. The van der Waals surface area contributed by atoms with Gasteiger partial charge in [0.2, 0.25) is 5.91 Å². The standard InChI is InChI=1S/C6H11NO/c1-5-3-6(8)7(2)4-5/h5H,3-4H2,1-2H3/t5-/m1/s1. The van der Waals surface area contributed by atoms with E-state index in [-0.39, 0.29) is 5.91 Å². The Kier molecular flexibility index (Phi) is 1.24. The molecule has 0 aromatic heterocycles. The van der Waals surface area contributed by atoms with Gasteiger partial charge < -0.3 is 4.90 Å². The van der Waals surface area contributed by atoms with E-state index in [9.17, 15) is 4.79 Å². The van der Waals surface area contributed by atoms with Gasteiger partial charge in [-0.25, -0.2) is 0 Å². The zero-order valence-electron chi connectivity index (χ0n) is 5.35. The Hall–Kier alpha value is -0.530. The van der Waals surface area contributed by atoms with Crippen molar-refractivity contribution in [3.63, 3.8) is 0 Å². The second-order valence-corrected chi connectivity index (χ2v) is 2.58. The molecule has 2 nitrogen and oxygen atoms in total. The van der Waals surface area contributed by atoms with Crippen molar-refractivity contribution in [2.75, 3.05) is 13.6 Å². The minimum Gasteiger partial charge on any atom is -0.345 e. The van der Waals surface area contributed by atoms with Crippen LogP contribution in [0.15, 0.2) is 0 Å². The lowest BCUT2D eigenvalue weighted by molar-refractivity contribution is -0.126. The summed E-state index contributed by atoms with van der Waals surface area (Å²) in [4.78, 5) is 12.5. The van der Waals surface area contributed by atoms with Gasteiger partial charge in [0.1, 0.15) is 0 Å². The molecule has 0 spiro atoms. The Morgan fingerprint density at radius 1 is 1.75 bits per heavy atom. The average Bonchev–Trinajstić information content (AvgIpc) is 1.85. The fourth-order valence-corrected chi connectivity index (χ4v) is 1.09. The smallest absolute Gasteiger partial charge is 0.222 e. The van der Waals surface area contributed by atoms with Crippen LogP contribution in [0.25, 0.3) is 0 Å². The molecule has 0 bridgehead atoms. The highest BCUT2D eigenvalue weighted by atomic mass is 16.2. The molecule has 1 aliphatic heterocycles. The first-order valence-corrected chi connectivity index (χ1v) is 2.94. The summed E-state index contributed by atoms with van der Waals surface area (Å²) in [5.41, 5.74) is 0. The minimum absolute atomic E-state index is 0.289. The molecule has 2 heteroatoms. The molecule has 8 heavy (non-hydrogen) atoms. The van der Waals surface area contributed by atoms with Crippen molar-refractivity contribution >= 4 is 5.91 Å². The fraction of sp³-hybridized carbons (Fsp3) is 0.833. The van der Waals surface area contributed by atoms with Crippen LogP contribution in [0, 0.1) is 5.92 Å². The van der Waals surface area contributed by atoms with Gasteiger partial charge in [0, 0.05) is 20.0 Å². The van der Waals surface area contributed by atoms with E-state index in [1.807, 2.05) is 7.05 Å². The number of rotatable bonds is 0. The molecule has 1 saturated heterocycles. The number of amides is 1. The zero-order chi connectivity index (χ0) is 6.15. The number of carbonyl (C=O) groups excluding carboxylic acids is 1. The molecule has 1 amide bonds. The highest BCUT2D eigenvalue weighted by Crippen LogP contribution is 2.13. The van der Waals surface area contributed by atoms with Gasteiger partial charge in [0.05, 0.1) is 0 Å². The van der Waals surface area contributed by atoms with Crippen LogP contribution in [-0.4, -0.2) is 24.4 Å². The van der Waals surface area contributed by atoms with Crippen LogP contribution in [0.5, 0.6) is 0 Å². The van der Waals surface area contributed by atoms with Crippen molar-refractivity contribution in [3.8, 4) is 0 Å². The maximum atomic E-state index is 10.7. The Morgan fingerprint density at radius 2 is 2.38 bits per heavy atom. The molecule has 0 N–H and O–H groups in total. The Bertz CT molecular complexity index is 111. The first-order chi connectivity index (χ1) is 3.70. The molecule has 1 rings (SSSR count). The van der Waals surface area contributed by atoms with Crippen molar-refractivity contribution < 1.29 is 4.79 Å². The van der Waals surface area contributed by atoms with Gasteiger partial charge in [0.15, 0.2) is 0 Å². The quantitative estimate of drug-likeness (QED) is 0.447. The summed E-state index contributed by atoms with van der Waals surface area (Å²) in [7, 11) is 1.85. The van der Waals surface area contributed by atoms with Crippen LogP contribution < -0.4 is 0 Å². The molecular weight excluding hydrogens is 102 g/mol. The first kappa shape index (κ1) is 5.60. The van der Waals surface area contributed by atoms with Crippen molar-refractivity contribution in [2.45, 2.75) is 13.3 Å². The molecule has 0 aromatic rings. The Labute approximate surface area is 49.5 Å². The minimum atomic E-state index is 0.289. The second kappa shape index (κ2) is 1.77. The van der Waals surface area contributed by atoms with Crippen LogP contribution in [0.4, 0.5) is 0 Å². The molecule has 1 heterocycles. The largest absolute Gasteiger partial charge is 0.345 e. The van der Waals surface area contributed by atoms with Gasteiger partial charge in [0.25, 0.3) is 0 Å². The van der Waals surface area contributed by atoms with E-state index in [1.165, 1.54) is 0 Å². The molecule has 1 atom stereocenters. The lowest BCUT2D eigenvalue weighted by Gasteiger charge is -2.04. The van der Waals surface area contributed by atoms with E-state index in [4.69, 9.17) is 0 Å². The maximum Gasteiger partial charge on any atom is 0.222 e. The normalized spacial score (nSPS) is 29.5. The third kappa shape index (κ3) is 0.831. The molecule has 0 aliphatic carbocycles. The summed E-state index contributed by atoms with van der Waals surface area (Å²) in [6, 6.07) is 0. The molecule has 46 valence electrons. The SMILES string of the molecule is C[C@@H]1CC(=O)N(C)C1. The Morgan fingerprint density at radius 3 is 2.50 bits per heavy atom. The van der Waals surface area contributed by atoms with Crippen molar-refractivity contribution in [3.05, 3.63) is 0 Å². The van der Waals surface area contributed by atoms with E-state index in [0.29, 0.717) is 5.92 Å². The third-order valence-corrected chi connectivity index (χ3v) is 1.53. The first-order valence-electron chi connectivity index (χ1n) is 2.94. The van der Waals surface area contributed by atoms with Gasteiger partial charge in [-0.2, -0.15) is 0 Å². The summed E-state index contributed by atoms with van der Waals surface area (Å²) in [6.07, 6.45) is 0.747. The van der Waals surface area contributed by atoms with E-state index < -0.39 is 0 Å². The molecular formula is C6H11NO. The summed E-state index contributed by atoms with van der Waals surface area (Å²) < 4.78 is 0. The molecule has 0 radical (unpaired) electrons. The van der Waals surface area contributed by atoms with Crippen LogP contribution in [0.2, 0.25) is 0 Å². The maximum absolute atomic E-state index is 10.7. The molecule has 0 saturated carbocycles. The van der Waals surface area contributed by atoms with Gasteiger partial charge in [-0.3, -0.25) is 4.79 Å². The van der Waals surface area contributed by atoms with Crippen LogP contribution in [0.3, 0.4) is 0 Å². The third-order valence-electron chi connectivity index (χ3n) is 1.53. The van der Waals surface area contributed by atoms with Gasteiger partial charge in [-0.1, -0.05) is 6.92 Å². The second-order valence-electron chi connectivity index (χ2n) is 2.58. The summed E-state index contributed by atoms with van der Waals surface area (Å²) >= 11 is 0. The van der Waals surface area contributed by atoms with Crippen LogP contribution in [0.1, 0.15) is 13.3 Å². The summed E-state index contributed by atoms with van der Waals surface area (Å²) in [5, 5.41) is 0. The number of hydrogen-bond donors (Lipinski definition) is 0. The molecule has 1 aliphatic rings. The van der Waals surface area contributed by atoms with E-state index in [1.54, 1.807) is 4.90 Å². The molecule has 1 fully saturated rings. The van der Waals surface area contributed by atoms with Gasteiger partial charge in [-0.05, 0) is 5.92 Å². The highest BCUT2D eigenvalue weighted by Gasteiger charge is 2.22.